The normalized spacial score (nSPS) is 16.6. The Morgan fingerprint density at radius 2 is 1.75 bits per heavy atom. The van der Waals surface area contributed by atoms with E-state index in [-0.39, 0.29) is 5.91 Å². The fourth-order valence-electron chi connectivity index (χ4n) is 1.98. The van der Waals surface area contributed by atoms with Crippen LogP contribution in [0.2, 0.25) is 0 Å². The van der Waals surface area contributed by atoms with Gasteiger partial charge in [-0.1, -0.05) is 36.4 Å². The van der Waals surface area contributed by atoms with Crippen LogP contribution < -0.4 is 4.90 Å². The van der Waals surface area contributed by atoms with Gasteiger partial charge in [-0.05, 0) is 13.0 Å². The van der Waals surface area contributed by atoms with Crippen molar-refractivity contribution in [2.75, 3.05) is 4.90 Å². The fraction of sp³-hybridized carbons (Fsp3) is 0.0667. The third-order valence-corrected chi connectivity index (χ3v) is 2.92. The first kappa shape index (κ1) is 12.2. The highest BCUT2D eigenvalue weighted by Crippen LogP contribution is 2.23. The molecule has 98 valence electrons. The minimum absolute atomic E-state index is 0.211. The molecule has 1 aromatic heterocycles. The summed E-state index contributed by atoms with van der Waals surface area (Å²) in [4.78, 5) is 26.5. The Hall–Kier alpha value is -2.82. The summed E-state index contributed by atoms with van der Waals surface area (Å²) in [5.41, 5.74) is 1.25. The summed E-state index contributed by atoms with van der Waals surface area (Å²) in [6.07, 6.45) is 4.89. The highest BCUT2D eigenvalue weighted by atomic mass is 16.2. The molecule has 5 nitrogen and oxygen atoms in total. The monoisotopic (exact) mass is 264 g/mol. The van der Waals surface area contributed by atoms with Crippen LogP contribution in [-0.4, -0.2) is 21.7 Å². The second-order valence-corrected chi connectivity index (χ2v) is 4.16. The van der Waals surface area contributed by atoms with Crippen molar-refractivity contribution in [1.82, 2.24) is 9.97 Å². The van der Waals surface area contributed by atoms with E-state index in [0.717, 1.165) is 5.56 Å². The van der Waals surface area contributed by atoms with Crippen molar-refractivity contribution in [2.24, 2.45) is 4.99 Å². The largest absolute Gasteiger partial charge is 0.284 e. The van der Waals surface area contributed by atoms with Gasteiger partial charge in [0.2, 0.25) is 5.95 Å². The molecule has 0 saturated heterocycles. The van der Waals surface area contributed by atoms with Crippen molar-refractivity contribution in [3.05, 3.63) is 66.1 Å². The van der Waals surface area contributed by atoms with E-state index in [4.69, 9.17) is 0 Å². The van der Waals surface area contributed by atoms with Crippen LogP contribution >= 0.6 is 0 Å². The summed E-state index contributed by atoms with van der Waals surface area (Å²) in [5.74, 6) is 0.671. The number of nitrogens with zero attached hydrogens (tertiary/aromatic N) is 4. The molecular formula is C15H12N4O. The lowest BCUT2D eigenvalue weighted by molar-refractivity contribution is -0.113. The molecule has 0 aliphatic carbocycles. The highest BCUT2D eigenvalue weighted by molar-refractivity contribution is 6.31. The van der Waals surface area contributed by atoms with Crippen LogP contribution in [0.4, 0.5) is 5.95 Å². The third kappa shape index (κ3) is 1.99. The van der Waals surface area contributed by atoms with Crippen LogP contribution in [-0.2, 0) is 4.79 Å². The maximum absolute atomic E-state index is 12.4. The molecule has 1 aliphatic heterocycles. The first-order chi connectivity index (χ1) is 9.81. The second kappa shape index (κ2) is 5.05. The van der Waals surface area contributed by atoms with Gasteiger partial charge in [0.15, 0.2) is 5.84 Å². The van der Waals surface area contributed by atoms with Crippen molar-refractivity contribution in [3.63, 3.8) is 0 Å². The summed E-state index contributed by atoms with van der Waals surface area (Å²) in [7, 11) is 0. The number of amidine groups is 1. The summed E-state index contributed by atoms with van der Waals surface area (Å²) in [6, 6.07) is 11.2. The molecule has 0 saturated carbocycles. The number of anilines is 1. The van der Waals surface area contributed by atoms with Crippen LogP contribution in [0.15, 0.2) is 65.6 Å². The molecule has 1 amide bonds. The number of aliphatic imine (C=N–C) groups is 1. The minimum Gasteiger partial charge on any atom is -0.266 e. The van der Waals surface area contributed by atoms with Crippen LogP contribution in [0.1, 0.15) is 12.5 Å². The number of rotatable bonds is 2. The molecule has 1 aliphatic rings. The Morgan fingerprint density at radius 3 is 2.40 bits per heavy atom. The molecule has 5 heteroatoms. The molecule has 0 N–H and O–H groups in total. The van der Waals surface area contributed by atoms with Crippen molar-refractivity contribution in [1.29, 1.82) is 0 Å². The van der Waals surface area contributed by atoms with E-state index < -0.39 is 0 Å². The van der Waals surface area contributed by atoms with Crippen molar-refractivity contribution in [3.8, 4) is 0 Å². The zero-order valence-corrected chi connectivity index (χ0v) is 10.9. The standard InChI is InChI=1S/C15H12N4O/c1-2-12-14(20)19(15-16-9-6-10-17-15)13(18-12)11-7-4-3-5-8-11/h2-10H,1H3. The smallest absolute Gasteiger partial charge is 0.266 e. The number of amides is 1. The fourth-order valence-corrected chi connectivity index (χ4v) is 1.98. The molecule has 2 aromatic rings. The zero-order valence-electron chi connectivity index (χ0n) is 10.9. The molecule has 0 radical (unpaired) electrons. The number of hydrogen-bond acceptors (Lipinski definition) is 4. The van der Waals surface area contributed by atoms with E-state index in [1.165, 1.54) is 4.90 Å². The maximum Gasteiger partial charge on any atom is 0.284 e. The number of benzene rings is 1. The van der Waals surface area contributed by atoms with Gasteiger partial charge in [0.05, 0.1) is 0 Å². The minimum atomic E-state index is -0.211. The molecule has 0 unspecified atom stereocenters. The van der Waals surface area contributed by atoms with Crippen LogP contribution in [0.25, 0.3) is 0 Å². The quantitative estimate of drug-likeness (QED) is 0.781. The van der Waals surface area contributed by atoms with E-state index in [1.807, 2.05) is 30.3 Å². The topological polar surface area (TPSA) is 58.5 Å². The van der Waals surface area contributed by atoms with Crippen molar-refractivity contribution < 1.29 is 4.79 Å². The van der Waals surface area contributed by atoms with Gasteiger partial charge in [-0.15, -0.1) is 0 Å². The molecule has 0 spiro atoms. The first-order valence-electron chi connectivity index (χ1n) is 6.23. The van der Waals surface area contributed by atoms with Crippen LogP contribution in [0.5, 0.6) is 0 Å². The molecule has 20 heavy (non-hydrogen) atoms. The van der Waals surface area contributed by atoms with Gasteiger partial charge in [0, 0.05) is 18.0 Å². The van der Waals surface area contributed by atoms with Crippen LogP contribution in [0.3, 0.4) is 0 Å². The average Bonchev–Trinajstić information content (AvgIpc) is 2.86. The molecule has 2 heterocycles. The zero-order chi connectivity index (χ0) is 13.9. The first-order valence-corrected chi connectivity index (χ1v) is 6.23. The molecule has 0 fully saturated rings. The van der Waals surface area contributed by atoms with Crippen LogP contribution in [0, 0.1) is 0 Å². The van der Waals surface area contributed by atoms with E-state index in [9.17, 15) is 4.79 Å². The lowest BCUT2D eigenvalue weighted by Gasteiger charge is -2.15. The maximum atomic E-state index is 12.4. The summed E-state index contributed by atoms with van der Waals surface area (Å²) >= 11 is 0. The number of aromatic nitrogens is 2. The molecule has 1 aromatic carbocycles. The Morgan fingerprint density at radius 1 is 1.05 bits per heavy atom. The van der Waals surface area contributed by atoms with E-state index >= 15 is 0 Å². The number of carbonyl (C=O) groups excluding carboxylic acids is 1. The Kier molecular flexibility index (Phi) is 3.09. The lowest BCUT2D eigenvalue weighted by Crippen LogP contribution is -2.34. The number of hydrogen-bond donors (Lipinski definition) is 0. The average molecular weight is 264 g/mol. The Labute approximate surface area is 116 Å². The highest BCUT2D eigenvalue weighted by Gasteiger charge is 2.33. The molecular weight excluding hydrogens is 252 g/mol. The van der Waals surface area contributed by atoms with Gasteiger partial charge >= 0.3 is 0 Å². The van der Waals surface area contributed by atoms with Gasteiger partial charge in [-0.25, -0.2) is 19.9 Å². The third-order valence-electron chi connectivity index (χ3n) is 2.92. The van der Waals surface area contributed by atoms with E-state index in [2.05, 4.69) is 15.0 Å². The Bertz CT molecular complexity index is 692. The number of allylic oxidation sites excluding steroid dienone is 1. The summed E-state index contributed by atoms with van der Waals surface area (Å²) in [6.45, 7) is 1.79. The van der Waals surface area contributed by atoms with Gasteiger partial charge in [0.1, 0.15) is 5.70 Å². The summed E-state index contributed by atoms with van der Waals surface area (Å²) in [5, 5.41) is 0. The van der Waals surface area contributed by atoms with Gasteiger partial charge in [0.25, 0.3) is 5.91 Å². The van der Waals surface area contributed by atoms with Crippen molar-refractivity contribution in [2.45, 2.75) is 6.92 Å². The lowest BCUT2D eigenvalue weighted by atomic mass is 10.2. The second-order valence-electron chi connectivity index (χ2n) is 4.16. The summed E-state index contributed by atoms with van der Waals surface area (Å²) < 4.78 is 0. The molecule has 0 bridgehead atoms. The van der Waals surface area contributed by atoms with E-state index in [1.54, 1.807) is 31.5 Å². The number of carbonyl (C=O) groups is 1. The predicted octanol–water partition coefficient (Wildman–Crippen LogP) is 2.17. The van der Waals surface area contributed by atoms with E-state index in [0.29, 0.717) is 17.5 Å². The van der Waals surface area contributed by atoms with Gasteiger partial charge in [-0.2, -0.15) is 0 Å². The SMILES string of the molecule is CC=C1N=C(c2ccccc2)N(c2ncccn2)C1=O. The molecule has 3 rings (SSSR count). The predicted molar refractivity (Wildman–Crippen MR) is 76.3 cm³/mol. The Balaban J connectivity index is 2.12. The van der Waals surface area contributed by atoms with Crippen molar-refractivity contribution >= 4 is 17.7 Å². The van der Waals surface area contributed by atoms with Gasteiger partial charge < -0.3 is 0 Å². The van der Waals surface area contributed by atoms with Gasteiger partial charge in [-0.3, -0.25) is 4.79 Å². The molecule has 0 atom stereocenters.